The summed E-state index contributed by atoms with van der Waals surface area (Å²) in [6.45, 7) is 7.85. The second kappa shape index (κ2) is 15.2. The first kappa shape index (κ1) is 33.7. The Balaban J connectivity index is 1.80. The van der Waals surface area contributed by atoms with E-state index in [0.717, 1.165) is 26.6 Å². The average molecular weight is 646 g/mol. The summed E-state index contributed by atoms with van der Waals surface area (Å²) < 4.78 is 29.4. The number of nitrogens with one attached hydrogen (secondary N) is 1. The number of halogens is 1. The van der Waals surface area contributed by atoms with Crippen LogP contribution in [0.5, 0.6) is 0 Å². The predicted molar refractivity (Wildman–Crippen MR) is 181 cm³/mol. The zero-order chi connectivity index (χ0) is 32.6. The summed E-state index contributed by atoms with van der Waals surface area (Å²) in [5.74, 6) is -0.621. The molecular weight excluding hydrogens is 606 g/mol. The molecular formula is C36H40ClN3O4S. The maximum Gasteiger partial charge on any atom is 0.264 e. The molecule has 0 saturated carbocycles. The van der Waals surface area contributed by atoms with Crippen molar-refractivity contribution in [2.75, 3.05) is 17.4 Å². The summed E-state index contributed by atoms with van der Waals surface area (Å²) in [7, 11) is -4.15. The molecule has 236 valence electrons. The van der Waals surface area contributed by atoms with Crippen molar-refractivity contribution in [1.29, 1.82) is 0 Å². The minimum absolute atomic E-state index is 0.0655. The van der Waals surface area contributed by atoms with Gasteiger partial charge in [-0.1, -0.05) is 92.2 Å². The average Bonchev–Trinajstić information content (AvgIpc) is 3.03. The van der Waals surface area contributed by atoms with Gasteiger partial charge in [0.15, 0.2) is 0 Å². The van der Waals surface area contributed by atoms with Crippen LogP contribution in [0.1, 0.15) is 36.1 Å². The summed E-state index contributed by atoms with van der Waals surface area (Å²) in [6, 6.07) is 29.0. The van der Waals surface area contributed by atoms with Crippen molar-refractivity contribution in [2.24, 2.45) is 5.92 Å². The van der Waals surface area contributed by atoms with Gasteiger partial charge in [-0.25, -0.2) is 8.42 Å². The van der Waals surface area contributed by atoms with Crippen molar-refractivity contribution < 1.29 is 18.0 Å². The molecule has 1 atom stereocenters. The van der Waals surface area contributed by atoms with Crippen LogP contribution in [0.2, 0.25) is 5.02 Å². The number of hydrogen-bond donors (Lipinski definition) is 1. The van der Waals surface area contributed by atoms with Crippen LogP contribution in [0.4, 0.5) is 5.69 Å². The lowest BCUT2D eigenvalue weighted by Gasteiger charge is -2.34. The molecule has 0 aliphatic heterocycles. The minimum Gasteiger partial charge on any atom is -0.354 e. The quantitative estimate of drug-likeness (QED) is 0.178. The number of hydrogen-bond acceptors (Lipinski definition) is 4. The molecule has 0 bridgehead atoms. The van der Waals surface area contributed by atoms with E-state index in [2.05, 4.69) is 5.32 Å². The lowest BCUT2D eigenvalue weighted by Crippen LogP contribution is -2.53. The second-order valence-electron chi connectivity index (χ2n) is 11.6. The highest BCUT2D eigenvalue weighted by Crippen LogP contribution is 2.27. The summed E-state index contributed by atoms with van der Waals surface area (Å²) in [5, 5.41) is 3.55. The molecule has 4 rings (SSSR count). The van der Waals surface area contributed by atoms with E-state index in [1.165, 1.54) is 17.0 Å². The van der Waals surface area contributed by atoms with E-state index in [0.29, 0.717) is 17.3 Å². The van der Waals surface area contributed by atoms with Crippen molar-refractivity contribution in [3.05, 3.63) is 130 Å². The molecule has 0 aliphatic carbocycles. The highest BCUT2D eigenvalue weighted by atomic mass is 35.5. The van der Waals surface area contributed by atoms with E-state index < -0.39 is 28.5 Å². The first-order chi connectivity index (χ1) is 21.5. The van der Waals surface area contributed by atoms with E-state index in [9.17, 15) is 18.0 Å². The van der Waals surface area contributed by atoms with E-state index in [1.54, 1.807) is 54.6 Å². The summed E-state index contributed by atoms with van der Waals surface area (Å²) in [5.41, 5.74) is 3.88. The summed E-state index contributed by atoms with van der Waals surface area (Å²) in [6.07, 6.45) is 0.249. The van der Waals surface area contributed by atoms with Gasteiger partial charge in [0.05, 0.1) is 10.6 Å². The Labute approximate surface area is 271 Å². The Hall–Kier alpha value is -4.14. The number of amides is 2. The molecule has 0 radical (unpaired) electrons. The van der Waals surface area contributed by atoms with Gasteiger partial charge < -0.3 is 10.2 Å². The predicted octanol–water partition coefficient (Wildman–Crippen LogP) is 6.56. The molecule has 7 nitrogen and oxygen atoms in total. The highest BCUT2D eigenvalue weighted by molar-refractivity contribution is 7.92. The number of sulfonamides is 1. The first-order valence-electron chi connectivity index (χ1n) is 15.0. The maximum atomic E-state index is 14.5. The number of carbonyl (C=O) groups excluding carboxylic acids is 2. The SMILES string of the molecule is Cc1ccc(N(CC(=O)N(Cc2ccc(Cl)cc2)C(Cc2ccccc2)C(=O)NCC(C)C)S(=O)(=O)c2ccccc2)cc1C. The summed E-state index contributed by atoms with van der Waals surface area (Å²) >= 11 is 6.15. The number of benzene rings is 4. The van der Waals surface area contributed by atoms with Crippen molar-refractivity contribution in [3.8, 4) is 0 Å². The standard InChI is InChI=1S/C36H40ClN3O4S/c1-26(2)23-38-36(42)34(22-29-11-7-5-8-12-29)39(24-30-16-18-31(37)19-17-30)35(41)25-40(32-20-15-27(3)28(4)21-32)45(43,44)33-13-9-6-10-14-33/h5-21,26,34H,22-25H2,1-4H3,(H,38,42). The zero-order valence-corrected chi connectivity index (χ0v) is 27.7. The van der Waals surface area contributed by atoms with Crippen molar-refractivity contribution >= 4 is 39.1 Å². The largest absolute Gasteiger partial charge is 0.354 e. The normalized spacial score (nSPS) is 12.0. The van der Waals surface area contributed by atoms with Crippen LogP contribution in [-0.4, -0.2) is 44.3 Å². The maximum absolute atomic E-state index is 14.5. The van der Waals surface area contributed by atoms with Gasteiger partial charge in [-0.05, 0) is 78.4 Å². The van der Waals surface area contributed by atoms with Crippen LogP contribution >= 0.6 is 11.6 Å². The van der Waals surface area contributed by atoms with Gasteiger partial charge in [0, 0.05) is 24.5 Å². The minimum atomic E-state index is -4.15. The molecule has 0 heterocycles. The number of rotatable bonds is 13. The third kappa shape index (κ3) is 8.96. The van der Waals surface area contributed by atoms with Crippen molar-refractivity contribution in [3.63, 3.8) is 0 Å². The van der Waals surface area contributed by atoms with Crippen LogP contribution in [-0.2, 0) is 32.6 Å². The van der Waals surface area contributed by atoms with Gasteiger partial charge in [-0.2, -0.15) is 0 Å². The van der Waals surface area contributed by atoms with Gasteiger partial charge in [-0.15, -0.1) is 0 Å². The van der Waals surface area contributed by atoms with Crippen LogP contribution in [0.3, 0.4) is 0 Å². The lowest BCUT2D eigenvalue weighted by atomic mass is 10.0. The molecule has 1 N–H and O–H groups in total. The van der Waals surface area contributed by atoms with Gasteiger partial charge >= 0.3 is 0 Å². The fourth-order valence-corrected chi connectivity index (χ4v) is 6.45. The van der Waals surface area contributed by atoms with E-state index in [-0.39, 0.29) is 29.7 Å². The molecule has 0 aliphatic rings. The smallest absolute Gasteiger partial charge is 0.264 e. The molecule has 2 amide bonds. The van der Waals surface area contributed by atoms with Gasteiger partial charge in [0.2, 0.25) is 11.8 Å². The highest BCUT2D eigenvalue weighted by Gasteiger charge is 2.34. The zero-order valence-electron chi connectivity index (χ0n) is 26.1. The van der Waals surface area contributed by atoms with Crippen LogP contribution in [0.25, 0.3) is 0 Å². The third-order valence-corrected chi connectivity index (χ3v) is 9.65. The van der Waals surface area contributed by atoms with E-state index >= 15 is 0 Å². The molecule has 1 unspecified atom stereocenters. The molecule has 0 fully saturated rings. The molecule has 4 aromatic carbocycles. The van der Waals surface area contributed by atoms with Crippen molar-refractivity contribution in [2.45, 2.75) is 51.6 Å². The molecule has 45 heavy (non-hydrogen) atoms. The Morgan fingerprint density at radius 2 is 1.42 bits per heavy atom. The van der Waals surface area contributed by atoms with Gasteiger partial charge in [0.1, 0.15) is 12.6 Å². The first-order valence-corrected chi connectivity index (χ1v) is 16.8. The van der Waals surface area contributed by atoms with Crippen molar-refractivity contribution in [1.82, 2.24) is 10.2 Å². The molecule has 9 heteroatoms. The fourth-order valence-electron chi connectivity index (χ4n) is 4.89. The third-order valence-electron chi connectivity index (χ3n) is 7.61. The Morgan fingerprint density at radius 1 is 0.800 bits per heavy atom. The Kier molecular flexibility index (Phi) is 11.4. The van der Waals surface area contributed by atoms with Crippen LogP contribution < -0.4 is 9.62 Å². The topological polar surface area (TPSA) is 86.8 Å². The molecule has 0 aromatic heterocycles. The number of anilines is 1. The second-order valence-corrected chi connectivity index (χ2v) is 13.9. The van der Waals surface area contributed by atoms with Crippen LogP contribution in [0, 0.1) is 19.8 Å². The Bertz CT molecular complexity index is 1700. The van der Waals surface area contributed by atoms with E-state index in [1.807, 2.05) is 64.1 Å². The fraction of sp³-hybridized carbons (Fsp3) is 0.278. The lowest BCUT2D eigenvalue weighted by molar-refractivity contribution is -0.140. The number of carbonyl (C=O) groups is 2. The number of nitrogens with zero attached hydrogens (tertiary/aromatic N) is 2. The molecule has 0 spiro atoms. The molecule has 0 saturated heterocycles. The summed E-state index contributed by atoms with van der Waals surface area (Å²) in [4.78, 5) is 29.9. The van der Waals surface area contributed by atoms with E-state index in [4.69, 9.17) is 11.6 Å². The van der Waals surface area contributed by atoms with Gasteiger partial charge in [0.25, 0.3) is 10.0 Å². The monoisotopic (exact) mass is 645 g/mol. The van der Waals surface area contributed by atoms with Crippen LogP contribution in [0.15, 0.2) is 108 Å². The van der Waals surface area contributed by atoms with Gasteiger partial charge in [-0.3, -0.25) is 13.9 Å². The number of aryl methyl sites for hydroxylation is 2. The Morgan fingerprint density at radius 3 is 2.02 bits per heavy atom. The molecule has 4 aromatic rings.